The maximum absolute atomic E-state index is 13.1. The minimum absolute atomic E-state index is 0. The molecule has 2 aromatic rings. The first-order valence-electron chi connectivity index (χ1n) is 10.5. The maximum atomic E-state index is 13.1. The van der Waals surface area contributed by atoms with Gasteiger partial charge in [-0.25, -0.2) is 0 Å². The van der Waals surface area contributed by atoms with Crippen LogP contribution in [-0.4, -0.2) is 42.9 Å². The summed E-state index contributed by atoms with van der Waals surface area (Å²) in [6, 6.07) is 18.6. The first-order chi connectivity index (χ1) is 14.2. The van der Waals surface area contributed by atoms with Crippen molar-refractivity contribution in [2.24, 2.45) is 5.41 Å². The average Bonchev–Trinajstić information content (AvgIpc) is 3.22. The van der Waals surface area contributed by atoms with E-state index in [-0.39, 0.29) is 36.7 Å². The SMILES string of the molecule is Cl.O=C(NC(CC(=O)N1CCC2(CCNC2)CC1)c1ccccc1)c1ccccc1. The average molecular weight is 428 g/mol. The van der Waals surface area contributed by atoms with E-state index in [1.165, 1.54) is 6.42 Å². The molecule has 0 bridgehead atoms. The smallest absolute Gasteiger partial charge is 0.251 e. The van der Waals surface area contributed by atoms with Gasteiger partial charge < -0.3 is 15.5 Å². The summed E-state index contributed by atoms with van der Waals surface area (Å²) in [5.74, 6) is -0.0325. The minimum Gasteiger partial charge on any atom is -0.345 e. The van der Waals surface area contributed by atoms with Gasteiger partial charge in [0.1, 0.15) is 0 Å². The van der Waals surface area contributed by atoms with E-state index >= 15 is 0 Å². The molecule has 5 nitrogen and oxygen atoms in total. The van der Waals surface area contributed by atoms with Gasteiger partial charge in [-0.05, 0) is 48.9 Å². The molecule has 0 radical (unpaired) electrons. The molecule has 2 aliphatic rings. The fraction of sp³-hybridized carbons (Fsp3) is 0.417. The monoisotopic (exact) mass is 427 g/mol. The van der Waals surface area contributed by atoms with Crippen LogP contribution in [0.5, 0.6) is 0 Å². The highest BCUT2D eigenvalue weighted by atomic mass is 35.5. The largest absolute Gasteiger partial charge is 0.345 e. The van der Waals surface area contributed by atoms with Crippen molar-refractivity contribution < 1.29 is 9.59 Å². The lowest BCUT2D eigenvalue weighted by molar-refractivity contribution is -0.133. The summed E-state index contributed by atoms with van der Waals surface area (Å²) in [5, 5.41) is 6.54. The van der Waals surface area contributed by atoms with Crippen LogP contribution in [0.2, 0.25) is 0 Å². The fourth-order valence-electron chi connectivity index (χ4n) is 4.53. The highest BCUT2D eigenvalue weighted by Crippen LogP contribution is 2.37. The number of halogens is 1. The quantitative estimate of drug-likeness (QED) is 0.766. The van der Waals surface area contributed by atoms with Gasteiger partial charge in [-0.15, -0.1) is 12.4 Å². The highest BCUT2D eigenvalue weighted by molar-refractivity contribution is 5.94. The zero-order valence-corrected chi connectivity index (χ0v) is 18.0. The van der Waals surface area contributed by atoms with Crippen molar-refractivity contribution in [3.05, 3.63) is 71.8 Å². The number of carbonyl (C=O) groups excluding carboxylic acids is 2. The third-order valence-electron chi connectivity index (χ3n) is 6.43. The number of benzene rings is 2. The van der Waals surface area contributed by atoms with Gasteiger partial charge in [-0.2, -0.15) is 0 Å². The summed E-state index contributed by atoms with van der Waals surface area (Å²) in [5.41, 5.74) is 1.95. The van der Waals surface area contributed by atoms with Crippen LogP contribution in [0.1, 0.15) is 47.6 Å². The summed E-state index contributed by atoms with van der Waals surface area (Å²) in [6.07, 6.45) is 3.64. The lowest BCUT2D eigenvalue weighted by atomic mass is 9.78. The number of nitrogens with zero attached hydrogens (tertiary/aromatic N) is 1. The summed E-state index contributed by atoms with van der Waals surface area (Å²) < 4.78 is 0. The fourth-order valence-corrected chi connectivity index (χ4v) is 4.53. The Labute approximate surface area is 184 Å². The summed E-state index contributed by atoms with van der Waals surface area (Å²) in [7, 11) is 0. The van der Waals surface area contributed by atoms with E-state index in [2.05, 4.69) is 10.6 Å². The summed E-state index contributed by atoms with van der Waals surface area (Å²) in [6.45, 7) is 3.80. The van der Waals surface area contributed by atoms with E-state index in [0.717, 1.165) is 44.6 Å². The molecule has 0 saturated carbocycles. The molecule has 2 aromatic carbocycles. The predicted octanol–water partition coefficient (Wildman–Crippen LogP) is 3.57. The molecular formula is C24H30ClN3O2. The lowest BCUT2D eigenvalue weighted by Crippen LogP contribution is -2.45. The van der Waals surface area contributed by atoms with Crippen LogP contribution < -0.4 is 10.6 Å². The van der Waals surface area contributed by atoms with E-state index in [4.69, 9.17) is 0 Å². The van der Waals surface area contributed by atoms with Gasteiger partial charge in [-0.3, -0.25) is 9.59 Å². The number of rotatable bonds is 5. The number of piperidine rings is 1. The Morgan fingerprint density at radius 3 is 2.20 bits per heavy atom. The van der Waals surface area contributed by atoms with Gasteiger partial charge >= 0.3 is 0 Å². The molecule has 1 atom stereocenters. The van der Waals surface area contributed by atoms with Crippen LogP contribution in [0.4, 0.5) is 0 Å². The lowest BCUT2D eigenvalue weighted by Gasteiger charge is -2.39. The van der Waals surface area contributed by atoms with E-state index in [9.17, 15) is 9.59 Å². The second kappa shape index (κ2) is 10.1. The molecule has 30 heavy (non-hydrogen) atoms. The van der Waals surface area contributed by atoms with E-state index in [1.807, 2.05) is 53.4 Å². The molecule has 2 amide bonds. The molecule has 2 heterocycles. The summed E-state index contributed by atoms with van der Waals surface area (Å²) >= 11 is 0. The molecule has 2 N–H and O–H groups in total. The van der Waals surface area contributed by atoms with Gasteiger partial charge in [0.2, 0.25) is 5.91 Å². The first-order valence-corrected chi connectivity index (χ1v) is 10.5. The van der Waals surface area contributed by atoms with Crippen LogP contribution in [0.25, 0.3) is 0 Å². The number of carbonyl (C=O) groups is 2. The van der Waals surface area contributed by atoms with Gasteiger partial charge in [0, 0.05) is 25.2 Å². The van der Waals surface area contributed by atoms with Crippen molar-refractivity contribution in [1.82, 2.24) is 15.5 Å². The zero-order chi connectivity index (χ0) is 20.1. The van der Waals surface area contributed by atoms with Crippen molar-refractivity contribution in [2.75, 3.05) is 26.2 Å². The van der Waals surface area contributed by atoms with Crippen molar-refractivity contribution >= 4 is 24.2 Å². The van der Waals surface area contributed by atoms with Crippen molar-refractivity contribution in [2.45, 2.75) is 31.7 Å². The second-order valence-electron chi connectivity index (χ2n) is 8.31. The Morgan fingerprint density at radius 2 is 1.60 bits per heavy atom. The number of hydrogen-bond acceptors (Lipinski definition) is 3. The molecule has 2 fully saturated rings. The van der Waals surface area contributed by atoms with Gasteiger partial charge in [0.15, 0.2) is 0 Å². The zero-order valence-electron chi connectivity index (χ0n) is 17.2. The number of likely N-dealkylation sites (tertiary alicyclic amines) is 1. The highest BCUT2D eigenvalue weighted by Gasteiger charge is 2.38. The van der Waals surface area contributed by atoms with Gasteiger partial charge in [-0.1, -0.05) is 48.5 Å². The van der Waals surface area contributed by atoms with E-state index < -0.39 is 0 Å². The van der Waals surface area contributed by atoms with Gasteiger partial charge in [0.25, 0.3) is 5.91 Å². The van der Waals surface area contributed by atoms with Crippen LogP contribution in [0.15, 0.2) is 60.7 Å². The Balaban J connectivity index is 0.00000256. The number of amides is 2. The minimum atomic E-state index is -0.333. The molecule has 2 aliphatic heterocycles. The van der Waals surface area contributed by atoms with Gasteiger partial charge in [0.05, 0.1) is 12.5 Å². The standard InChI is InChI=1S/C24H29N3O2.ClH/c28-22(27-15-12-24(13-16-27)11-14-25-18-24)17-21(19-7-3-1-4-8-19)26-23(29)20-9-5-2-6-10-20;/h1-10,21,25H,11-18H2,(H,26,29);1H. The Kier molecular flexibility index (Phi) is 7.51. The first kappa shape index (κ1) is 22.3. The number of nitrogens with one attached hydrogen (secondary N) is 2. The van der Waals surface area contributed by atoms with Crippen molar-refractivity contribution in [3.8, 4) is 0 Å². The molecule has 160 valence electrons. The van der Waals surface area contributed by atoms with Crippen molar-refractivity contribution in [1.29, 1.82) is 0 Å². The van der Waals surface area contributed by atoms with E-state index in [0.29, 0.717) is 11.0 Å². The van der Waals surface area contributed by atoms with Crippen LogP contribution in [0, 0.1) is 5.41 Å². The van der Waals surface area contributed by atoms with Crippen molar-refractivity contribution in [3.63, 3.8) is 0 Å². The molecule has 0 aromatic heterocycles. The van der Waals surface area contributed by atoms with Crippen LogP contribution in [0.3, 0.4) is 0 Å². The van der Waals surface area contributed by atoms with E-state index in [1.54, 1.807) is 12.1 Å². The Bertz CT molecular complexity index is 828. The molecule has 1 spiro atoms. The molecule has 1 unspecified atom stereocenters. The third-order valence-corrected chi connectivity index (χ3v) is 6.43. The predicted molar refractivity (Wildman–Crippen MR) is 121 cm³/mol. The maximum Gasteiger partial charge on any atom is 0.251 e. The van der Waals surface area contributed by atoms with Crippen LogP contribution in [-0.2, 0) is 4.79 Å². The molecular weight excluding hydrogens is 398 g/mol. The summed E-state index contributed by atoms with van der Waals surface area (Å²) in [4.78, 5) is 27.8. The third kappa shape index (κ3) is 5.21. The second-order valence-corrected chi connectivity index (χ2v) is 8.31. The normalized spacial score (nSPS) is 18.5. The Morgan fingerprint density at radius 1 is 0.967 bits per heavy atom. The molecule has 4 rings (SSSR count). The number of hydrogen-bond donors (Lipinski definition) is 2. The molecule has 6 heteroatoms. The molecule has 2 saturated heterocycles. The topological polar surface area (TPSA) is 61.4 Å². The van der Waals surface area contributed by atoms with Crippen LogP contribution >= 0.6 is 12.4 Å². The molecule has 0 aliphatic carbocycles. The Hall–Kier alpha value is -2.37.